The smallest absolute Gasteiger partial charge is 0.193 e. The minimum atomic E-state index is -2.06. The number of likely N-dealkylation sites (tertiary alicyclic amines) is 1. The SMILES string of the molecule is C=C[C@@H](O[Si](C)(C)C(C)(C)C)[C@H](OCOC)[C@@H]1CC(=O)CCN1Cc1ccccc1. The fourth-order valence-electron chi connectivity index (χ4n) is 3.57. The molecule has 5 nitrogen and oxygen atoms in total. The zero-order valence-corrected chi connectivity index (χ0v) is 20.5. The predicted octanol–water partition coefficient (Wildman–Crippen LogP) is 4.79. The van der Waals surface area contributed by atoms with E-state index >= 15 is 0 Å². The van der Waals surface area contributed by atoms with Gasteiger partial charge in [-0.3, -0.25) is 9.69 Å². The van der Waals surface area contributed by atoms with E-state index in [1.54, 1.807) is 7.11 Å². The molecule has 3 atom stereocenters. The van der Waals surface area contributed by atoms with Crippen LogP contribution in [0.15, 0.2) is 43.0 Å². The standard InChI is InChI=1S/C24H39NO4Si/c1-8-22(29-30(6,7)24(2,3)4)23(28-18-27-5)21-16-20(26)14-15-25(21)17-19-12-10-9-11-13-19/h8-13,21-23H,1,14-18H2,2-7H3/t21-,22+,23+/m0/s1. The third-order valence-corrected chi connectivity index (χ3v) is 10.8. The lowest BCUT2D eigenvalue weighted by Crippen LogP contribution is -2.56. The number of ketones is 1. The Labute approximate surface area is 183 Å². The molecule has 0 aliphatic carbocycles. The topological polar surface area (TPSA) is 48.0 Å². The first-order chi connectivity index (χ1) is 14.1. The predicted molar refractivity (Wildman–Crippen MR) is 124 cm³/mol. The number of nitrogens with zero attached hydrogens (tertiary/aromatic N) is 1. The van der Waals surface area contributed by atoms with Gasteiger partial charge in [-0.2, -0.15) is 0 Å². The summed E-state index contributed by atoms with van der Waals surface area (Å²) in [7, 11) is -0.450. The number of piperidine rings is 1. The van der Waals surface area contributed by atoms with E-state index in [0.717, 1.165) is 13.1 Å². The summed E-state index contributed by atoms with van der Waals surface area (Å²) in [6.45, 7) is 16.8. The van der Waals surface area contributed by atoms with Crippen molar-refractivity contribution in [3.63, 3.8) is 0 Å². The van der Waals surface area contributed by atoms with Crippen LogP contribution in [0.4, 0.5) is 0 Å². The van der Waals surface area contributed by atoms with Gasteiger partial charge in [-0.25, -0.2) is 0 Å². The average Bonchev–Trinajstić information content (AvgIpc) is 2.69. The van der Waals surface area contributed by atoms with Crippen LogP contribution in [0.1, 0.15) is 39.2 Å². The van der Waals surface area contributed by atoms with Crippen molar-refractivity contribution >= 4 is 14.1 Å². The molecule has 1 aromatic carbocycles. The number of benzene rings is 1. The summed E-state index contributed by atoms with van der Waals surface area (Å²) < 4.78 is 18.1. The molecular weight excluding hydrogens is 394 g/mol. The average molecular weight is 434 g/mol. The molecule has 0 spiro atoms. The van der Waals surface area contributed by atoms with Crippen LogP contribution in [-0.4, -0.2) is 57.7 Å². The van der Waals surface area contributed by atoms with Crippen LogP contribution < -0.4 is 0 Å². The fraction of sp³-hybridized carbons (Fsp3) is 0.625. The Kier molecular flexibility index (Phi) is 9.00. The molecule has 30 heavy (non-hydrogen) atoms. The number of ether oxygens (including phenoxy) is 2. The minimum absolute atomic E-state index is 0.0617. The Morgan fingerprint density at radius 2 is 1.93 bits per heavy atom. The van der Waals surface area contributed by atoms with Gasteiger partial charge in [0.15, 0.2) is 8.32 Å². The van der Waals surface area contributed by atoms with Crippen molar-refractivity contribution in [3.05, 3.63) is 48.6 Å². The van der Waals surface area contributed by atoms with Crippen molar-refractivity contribution in [2.24, 2.45) is 0 Å². The van der Waals surface area contributed by atoms with Gasteiger partial charge in [0.1, 0.15) is 18.7 Å². The van der Waals surface area contributed by atoms with Crippen molar-refractivity contribution in [3.8, 4) is 0 Å². The Balaban J connectivity index is 2.31. The molecule has 0 bridgehead atoms. The summed E-state index contributed by atoms with van der Waals surface area (Å²) in [5.74, 6) is 0.269. The first-order valence-corrected chi connectivity index (χ1v) is 13.7. The van der Waals surface area contributed by atoms with Crippen LogP contribution in [0.3, 0.4) is 0 Å². The number of rotatable bonds is 10. The van der Waals surface area contributed by atoms with Crippen molar-refractivity contribution in [1.82, 2.24) is 4.90 Å². The number of methoxy groups -OCH3 is 1. The van der Waals surface area contributed by atoms with E-state index < -0.39 is 8.32 Å². The van der Waals surface area contributed by atoms with E-state index in [0.29, 0.717) is 12.8 Å². The van der Waals surface area contributed by atoms with Crippen LogP contribution in [0.5, 0.6) is 0 Å². The van der Waals surface area contributed by atoms with Crippen molar-refractivity contribution in [2.75, 3.05) is 20.4 Å². The maximum absolute atomic E-state index is 12.4. The minimum Gasteiger partial charge on any atom is -0.408 e. The third-order valence-electron chi connectivity index (χ3n) is 6.36. The zero-order chi connectivity index (χ0) is 22.4. The second-order valence-corrected chi connectivity index (χ2v) is 14.4. The van der Waals surface area contributed by atoms with Gasteiger partial charge in [0.05, 0.1) is 6.10 Å². The summed E-state index contributed by atoms with van der Waals surface area (Å²) in [5, 5.41) is 0.0617. The Bertz CT molecular complexity index is 686. The highest BCUT2D eigenvalue weighted by atomic mass is 28.4. The van der Waals surface area contributed by atoms with Gasteiger partial charge >= 0.3 is 0 Å². The first-order valence-electron chi connectivity index (χ1n) is 10.8. The van der Waals surface area contributed by atoms with E-state index in [9.17, 15) is 4.79 Å². The molecule has 0 unspecified atom stereocenters. The Morgan fingerprint density at radius 1 is 1.27 bits per heavy atom. The van der Waals surface area contributed by atoms with Gasteiger partial charge in [-0.05, 0) is 23.7 Å². The lowest BCUT2D eigenvalue weighted by Gasteiger charge is -2.45. The summed E-state index contributed by atoms with van der Waals surface area (Å²) in [4.78, 5) is 14.8. The second kappa shape index (κ2) is 10.8. The van der Waals surface area contributed by atoms with Gasteiger partial charge in [0.2, 0.25) is 0 Å². The van der Waals surface area contributed by atoms with Gasteiger partial charge in [-0.1, -0.05) is 57.2 Å². The van der Waals surface area contributed by atoms with Crippen LogP contribution in [0.2, 0.25) is 18.1 Å². The summed E-state index contributed by atoms with van der Waals surface area (Å²) >= 11 is 0. The summed E-state index contributed by atoms with van der Waals surface area (Å²) in [5.41, 5.74) is 1.22. The van der Waals surface area contributed by atoms with E-state index in [2.05, 4.69) is 57.5 Å². The van der Waals surface area contributed by atoms with Crippen LogP contribution in [-0.2, 0) is 25.2 Å². The van der Waals surface area contributed by atoms with Crippen molar-refractivity contribution < 1.29 is 18.7 Å². The second-order valence-electron chi connectivity index (χ2n) is 9.63. The van der Waals surface area contributed by atoms with Crippen molar-refractivity contribution in [2.45, 2.75) is 76.5 Å². The van der Waals surface area contributed by atoms with Crippen LogP contribution in [0, 0.1) is 0 Å². The van der Waals surface area contributed by atoms with E-state index in [-0.39, 0.29) is 35.9 Å². The maximum atomic E-state index is 12.4. The van der Waals surface area contributed by atoms with Gasteiger partial charge < -0.3 is 13.9 Å². The number of Topliss-reactive ketones (excluding diaryl/α,β-unsaturated/α-hetero) is 1. The summed E-state index contributed by atoms with van der Waals surface area (Å²) in [6, 6.07) is 10.3. The molecule has 1 heterocycles. The van der Waals surface area contributed by atoms with E-state index in [1.807, 2.05) is 24.3 Å². The zero-order valence-electron chi connectivity index (χ0n) is 19.5. The molecule has 1 aliphatic rings. The molecule has 1 aliphatic heterocycles. The monoisotopic (exact) mass is 433 g/mol. The normalized spacial score (nSPS) is 20.7. The van der Waals surface area contributed by atoms with Crippen LogP contribution in [0.25, 0.3) is 0 Å². The Hall–Kier alpha value is -1.31. The molecular formula is C24H39NO4Si. The van der Waals surface area contributed by atoms with Gasteiger partial charge in [0, 0.05) is 39.1 Å². The molecule has 168 valence electrons. The molecule has 0 saturated carbocycles. The maximum Gasteiger partial charge on any atom is 0.193 e. The molecule has 0 amide bonds. The molecule has 0 radical (unpaired) electrons. The lowest BCUT2D eigenvalue weighted by atomic mass is 9.92. The molecule has 1 aromatic rings. The van der Waals surface area contributed by atoms with Crippen molar-refractivity contribution in [1.29, 1.82) is 0 Å². The highest BCUT2D eigenvalue weighted by Gasteiger charge is 2.44. The highest BCUT2D eigenvalue weighted by molar-refractivity contribution is 6.74. The molecule has 1 saturated heterocycles. The fourth-order valence-corrected chi connectivity index (χ4v) is 4.84. The molecule has 1 fully saturated rings. The summed E-state index contributed by atoms with van der Waals surface area (Å²) in [6.07, 6.45) is 2.22. The van der Waals surface area contributed by atoms with Crippen LogP contribution >= 0.6 is 0 Å². The first kappa shape index (κ1) is 25.0. The van der Waals surface area contributed by atoms with Gasteiger partial charge in [-0.15, -0.1) is 6.58 Å². The molecule has 6 heteroatoms. The lowest BCUT2D eigenvalue weighted by molar-refractivity contribution is -0.144. The highest BCUT2D eigenvalue weighted by Crippen LogP contribution is 2.38. The number of hydrogen-bond acceptors (Lipinski definition) is 5. The largest absolute Gasteiger partial charge is 0.408 e. The quantitative estimate of drug-likeness (QED) is 0.302. The molecule has 2 rings (SSSR count). The van der Waals surface area contributed by atoms with E-state index in [4.69, 9.17) is 13.9 Å². The number of carbonyl (C=O) groups excluding carboxylic acids is 1. The molecule has 0 aromatic heterocycles. The third kappa shape index (κ3) is 6.59. The number of hydrogen-bond donors (Lipinski definition) is 0. The number of carbonyl (C=O) groups is 1. The van der Waals surface area contributed by atoms with Gasteiger partial charge in [0.25, 0.3) is 0 Å². The van der Waals surface area contributed by atoms with E-state index in [1.165, 1.54) is 5.56 Å². The Morgan fingerprint density at radius 3 is 2.50 bits per heavy atom. The molecule has 0 N–H and O–H groups in total.